The Hall–Kier alpha value is -0.770. The molecule has 0 aliphatic heterocycles. The Morgan fingerprint density at radius 3 is 2.69 bits per heavy atom. The highest BCUT2D eigenvalue weighted by atomic mass is 35.5. The van der Waals surface area contributed by atoms with Crippen LogP contribution in [0, 0.1) is 0 Å². The number of aliphatic hydroxyl groups excluding tert-OH is 1. The molecule has 0 aromatic heterocycles. The molecule has 0 bridgehead atoms. The minimum absolute atomic E-state index is 0.145. The van der Waals surface area contributed by atoms with E-state index in [0.29, 0.717) is 18.1 Å². The summed E-state index contributed by atoms with van der Waals surface area (Å²) in [6.45, 7) is 4.26. The highest BCUT2D eigenvalue weighted by Crippen LogP contribution is 2.24. The first-order chi connectivity index (χ1) is 7.72. The van der Waals surface area contributed by atoms with E-state index < -0.39 is 0 Å². The third-order valence-electron chi connectivity index (χ3n) is 2.47. The predicted molar refractivity (Wildman–Crippen MR) is 68.9 cm³/mol. The number of benzene rings is 1. The number of hydrogen-bond acceptors (Lipinski definition) is 3. The molecule has 3 nitrogen and oxygen atoms in total. The van der Waals surface area contributed by atoms with Gasteiger partial charge in [-0.15, -0.1) is 0 Å². The molecule has 4 heteroatoms. The second-order valence-corrected chi connectivity index (χ2v) is 4.12. The van der Waals surface area contributed by atoms with Crippen molar-refractivity contribution >= 4 is 17.3 Å². The molecule has 0 unspecified atom stereocenters. The number of nitrogens with two attached hydrogens (primary N) is 1. The molecule has 0 heterocycles. The Kier molecular flexibility index (Phi) is 5.60. The van der Waals surface area contributed by atoms with Crippen LogP contribution in [0.15, 0.2) is 18.2 Å². The highest BCUT2D eigenvalue weighted by molar-refractivity contribution is 6.30. The van der Waals surface area contributed by atoms with E-state index in [9.17, 15) is 0 Å². The average Bonchev–Trinajstić information content (AvgIpc) is 2.28. The van der Waals surface area contributed by atoms with Gasteiger partial charge in [0.15, 0.2) is 0 Å². The molecule has 90 valence electrons. The molecule has 0 atom stereocenters. The number of anilines is 1. The van der Waals surface area contributed by atoms with Crippen molar-refractivity contribution in [3.63, 3.8) is 0 Å². The van der Waals surface area contributed by atoms with Crippen LogP contribution >= 0.6 is 11.6 Å². The van der Waals surface area contributed by atoms with Gasteiger partial charge in [-0.05, 0) is 30.2 Å². The summed E-state index contributed by atoms with van der Waals surface area (Å²) in [5.74, 6) is 0. The molecule has 0 saturated heterocycles. The van der Waals surface area contributed by atoms with E-state index in [1.165, 1.54) is 0 Å². The zero-order valence-electron chi connectivity index (χ0n) is 9.62. The van der Waals surface area contributed by atoms with Crippen molar-refractivity contribution in [3.8, 4) is 0 Å². The first-order valence-electron chi connectivity index (χ1n) is 5.57. The van der Waals surface area contributed by atoms with Gasteiger partial charge in [-0.3, -0.25) is 0 Å². The summed E-state index contributed by atoms with van der Waals surface area (Å²) in [5, 5.41) is 9.74. The lowest BCUT2D eigenvalue weighted by Gasteiger charge is -2.25. The molecule has 3 N–H and O–H groups in total. The van der Waals surface area contributed by atoms with Gasteiger partial charge in [0.05, 0.1) is 6.61 Å². The Labute approximate surface area is 102 Å². The lowest BCUT2D eigenvalue weighted by atomic mass is 10.1. The van der Waals surface area contributed by atoms with Gasteiger partial charge in [-0.2, -0.15) is 0 Å². The minimum atomic E-state index is 0.145. The van der Waals surface area contributed by atoms with E-state index in [-0.39, 0.29) is 6.61 Å². The fraction of sp³-hybridized carbons (Fsp3) is 0.500. The van der Waals surface area contributed by atoms with Crippen LogP contribution in [0.25, 0.3) is 0 Å². The zero-order valence-corrected chi connectivity index (χ0v) is 10.4. The topological polar surface area (TPSA) is 49.5 Å². The fourth-order valence-corrected chi connectivity index (χ4v) is 1.96. The summed E-state index contributed by atoms with van der Waals surface area (Å²) < 4.78 is 0. The lowest BCUT2D eigenvalue weighted by molar-refractivity contribution is 0.301. The van der Waals surface area contributed by atoms with Crippen LogP contribution in [-0.2, 0) is 6.54 Å². The van der Waals surface area contributed by atoms with Crippen molar-refractivity contribution in [3.05, 3.63) is 28.8 Å². The summed E-state index contributed by atoms with van der Waals surface area (Å²) in [4.78, 5) is 2.14. The average molecular weight is 243 g/mol. The van der Waals surface area contributed by atoms with Crippen molar-refractivity contribution in [2.75, 3.05) is 24.6 Å². The molecule has 1 aromatic rings. The van der Waals surface area contributed by atoms with Gasteiger partial charge in [0, 0.05) is 30.3 Å². The molecule has 0 aliphatic rings. The molecule has 0 saturated carbocycles. The van der Waals surface area contributed by atoms with E-state index in [0.717, 1.165) is 24.2 Å². The molecule has 0 spiro atoms. The van der Waals surface area contributed by atoms with Crippen molar-refractivity contribution < 1.29 is 5.11 Å². The first kappa shape index (κ1) is 13.3. The second-order valence-electron chi connectivity index (χ2n) is 3.69. The summed E-state index contributed by atoms with van der Waals surface area (Å²) in [6, 6.07) is 5.71. The zero-order chi connectivity index (χ0) is 12.0. The summed E-state index contributed by atoms with van der Waals surface area (Å²) in [5.41, 5.74) is 7.80. The highest BCUT2D eigenvalue weighted by Gasteiger charge is 2.09. The lowest BCUT2D eigenvalue weighted by Crippen LogP contribution is -2.28. The number of nitrogens with zero attached hydrogens (tertiary/aromatic N) is 1. The molecular weight excluding hydrogens is 224 g/mol. The van der Waals surface area contributed by atoms with Gasteiger partial charge in [0.1, 0.15) is 0 Å². The van der Waals surface area contributed by atoms with Gasteiger partial charge in [-0.1, -0.05) is 18.5 Å². The summed E-state index contributed by atoms with van der Waals surface area (Å²) >= 11 is 5.93. The van der Waals surface area contributed by atoms with E-state index in [1.807, 2.05) is 18.2 Å². The SMILES string of the molecule is CCCN(CCO)c1ccc(Cl)cc1CN. The van der Waals surface area contributed by atoms with Gasteiger partial charge >= 0.3 is 0 Å². The molecule has 1 aromatic carbocycles. The Balaban J connectivity index is 2.97. The third kappa shape index (κ3) is 3.37. The van der Waals surface area contributed by atoms with Crippen molar-refractivity contribution in [2.45, 2.75) is 19.9 Å². The largest absolute Gasteiger partial charge is 0.395 e. The van der Waals surface area contributed by atoms with Gasteiger partial charge in [-0.25, -0.2) is 0 Å². The number of rotatable bonds is 6. The first-order valence-corrected chi connectivity index (χ1v) is 5.95. The van der Waals surface area contributed by atoms with Crippen molar-refractivity contribution in [1.82, 2.24) is 0 Å². The molecule has 1 rings (SSSR count). The van der Waals surface area contributed by atoms with Crippen molar-refractivity contribution in [1.29, 1.82) is 0 Å². The maximum Gasteiger partial charge on any atom is 0.0606 e. The predicted octanol–water partition coefficient (Wildman–Crippen LogP) is 2.01. The normalized spacial score (nSPS) is 10.5. The molecule has 0 radical (unpaired) electrons. The third-order valence-corrected chi connectivity index (χ3v) is 2.70. The second kappa shape index (κ2) is 6.74. The Morgan fingerprint density at radius 2 is 2.12 bits per heavy atom. The van der Waals surface area contributed by atoms with E-state index in [4.69, 9.17) is 22.4 Å². The summed E-state index contributed by atoms with van der Waals surface area (Å²) in [7, 11) is 0. The minimum Gasteiger partial charge on any atom is -0.395 e. The van der Waals surface area contributed by atoms with Gasteiger partial charge in [0.2, 0.25) is 0 Å². The smallest absolute Gasteiger partial charge is 0.0606 e. The Morgan fingerprint density at radius 1 is 1.38 bits per heavy atom. The monoisotopic (exact) mass is 242 g/mol. The van der Waals surface area contributed by atoms with Crippen LogP contribution in [0.1, 0.15) is 18.9 Å². The summed E-state index contributed by atoms with van der Waals surface area (Å²) in [6.07, 6.45) is 1.03. The maximum absolute atomic E-state index is 9.04. The van der Waals surface area contributed by atoms with E-state index in [2.05, 4.69) is 11.8 Å². The molecule has 0 fully saturated rings. The van der Waals surface area contributed by atoms with Crippen LogP contribution in [0.3, 0.4) is 0 Å². The van der Waals surface area contributed by atoms with E-state index >= 15 is 0 Å². The van der Waals surface area contributed by atoms with Crippen LogP contribution < -0.4 is 10.6 Å². The standard InChI is InChI=1S/C12H19ClN2O/c1-2-5-15(6-7-16)12-4-3-11(13)8-10(12)9-14/h3-4,8,16H,2,5-7,9,14H2,1H3. The van der Waals surface area contributed by atoms with Crippen LogP contribution in [0.4, 0.5) is 5.69 Å². The van der Waals surface area contributed by atoms with E-state index in [1.54, 1.807) is 0 Å². The number of hydrogen-bond donors (Lipinski definition) is 2. The van der Waals surface area contributed by atoms with Crippen LogP contribution in [0.5, 0.6) is 0 Å². The number of halogens is 1. The molecule has 0 amide bonds. The molecule has 16 heavy (non-hydrogen) atoms. The van der Waals surface area contributed by atoms with Crippen molar-refractivity contribution in [2.24, 2.45) is 5.73 Å². The van der Waals surface area contributed by atoms with Gasteiger partial charge in [0.25, 0.3) is 0 Å². The maximum atomic E-state index is 9.04. The molecule has 0 aliphatic carbocycles. The number of aliphatic hydroxyl groups is 1. The quantitative estimate of drug-likeness (QED) is 0.802. The molecular formula is C12H19ClN2O. The Bertz CT molecular complexity index is 325. The van der Waals surface area contributed by atoms with Gasteiger partial charge < -0.3 is 15.7 Å². The van der Waals surface area contributed by atoms with Crippen LogP contribution in [0.2, 0.25) is 5.02 Å². The fourth-order valence-electron chi connectivity index (χ4n) is 1.77. The van der Waals surface area contributed by atoms with Crippen LogP contribution in [-0.4, -0.2) is 24.8 Å².